The van der Waals surface area contributed by atoms with Gasteiger partial charge in [0.1, 0.15) is 24.0 Å². The zero-order valence-electron chi connectivity index (χ0n) is 21.8. The molecule has 2 aliphatic rings. The number of aromatic nitrogens is 2. The highest BCUT2D eigenvalue weighted by molar-refractivity contribution is 5.99. The average molecular weight is 523 g/mol. The van der Waals surface area contributed by atoms with Gasteiger partial charge in [-0.1, -0.05) is 54.6 Å². The third kappa shape index (κ3) is 4.36. The summed E-state index contributed by atoms with van der Waals surface area (Å²) >= 11 is 0. The number of fused-ring (bicyclic) bond motifs is 2. The molecule has 2 aromatic carbocycles. The summed E-state index contributed by atoms with van der Waals surface area (Å²) in [6.07, 6.45) is 2.61. The monoisotopic (exact) mass is 522 g/mol. The molecular weight excluding hydrogens is 492 g/mol. The smallest absolute Gasteiger partial charge is 0.369 e. The zero-order valence-corrected chi connectivity index (χ0v) is 21.8. The molecule has 10 nitrogen and oxygen atoms in total. The van der Waals surface area contributed by atoms with Gasteiger partial charge in [0.05, 0.1) is 12.2 Å². The highest BCUT2D eigenvalue weighted by Crippen LogP contribution is 2.41. The molecule has 1 atom stereocenters. The first-order chi connectivity index (χ1) is 19.1. The van der Waals surface area contributed by atoms with Gasteiger partial charge in [-0.15, -0.1) is 0 Å². The summed E-state index contributed by atoms with van der Waals surface area (Å²) < 4.78 is 1.93. The van der Waals surface area contributed by atoms with Gasteiger partial charge in [0.25, 0.3) is 5.82 Å². The molecule has 0 radical (unpaired) electrons. The molecule has 4 heterocycles. The average Bonchev–Trinajstić information content (AvgIpc) is 3.09. The summed E-state index contributed by atoms with van der Waals surface area (Å²) in [5, 5.41) is 30.7. The number of quaternary nitrogens is 1. The summed E-state index contributed by atoms with van der Waals surface area (Å²) in [5.74, 6) is 1.04. The Morgan fingerprint density at radius 1 is 1.05 bits per heavy atom. The zero-order chi connectivity index (χ0) is 26.9. The summed E-state index contributed by atoms with van der Waals surface area (Å²) in [5.41, 5.74) is 2.38. The van der Waals surface area contributed by atoms with Gasteiger partial charge < -0.3 is 15.4 Å². The van der Waals surface area contributed by atoms with E-state index in [2.05, 4.69) is 21.3 Å². The lowest BCUT2D eigenvalue weighted by atomic mass is 10.1. The van der Waals surface area contributed by atoms with Crippen LogP contribution in [0.5, 0.6) is 0 Å². The third-order valence-electron chi connectivity index (χ3n) is 7.51. The molecule has 10 heteroatoms. The number of hydrogen-bond acceptors (Lipinski definition) is 6. The maximum atomic E-state index is 14.2. The Morgan fingerprint density at radius 2 is 1.85 bits per heavy atom. The molecule has 39 heavy (non-hydrogen) atoms. The summed E-state index contributed by atoms with van der Waals surface area (Å²) in [6, 6.07) is 21.5. The highest BCUT2D eigenvalue weighted by atomic mass is 16.6. The summed E-state index contributed by atoms with van der Waals surface area (Å²) in [6.45, 7) is 3.54. The number of nitriles is 1. The van der Waals surface area contributed by atoms with Gasteiger partial charge in [-0.25, -0.2) is 9.97 Å². The Balaban J connectivity index is 1.50. The Hall–Kier alpha value is -4.43. The van der Waals surface area contributed by atoms with Crippen molar-refractivity contribution in [3.8, 4) is 6.07 Å². The first-order valence-corrected chi connectivity index (χ1v) is 13.2. The number of pyridine rings is 1. The van der Waals surface area contributed by atoms with Crippen molar-refractivity contribution < 1.29 is 9.97 Å². The number of carbonyl (C=O) groups is 1. The molecule has 0 saturated carbocycles. The van der Waals surface area contributed by atoms with E-state index in [4.69, 9.17) is 0 Å². The van der Waals surface area contributed by atoms with Crippen LogP contribution in [-0.4, -0.2) is 53.8 Å². The van der Waals surface area contributed by atoms with Gasteiger partial charge >= 0.3 is 6.03 Å². The van der Waals surface area contributed by atoms with Crippen LogP contribution in [0.25, 0.3) is 10.8 Å². The number of carbonyl (C=O) groups excluding carboxylic acids is 1. The lowest BCUT2D eigenvalue weighted by Gasteiger charge is -2.40. The second kappa shape index (κ2) is 10.4. The van der Waals surface area contributed by atoms with Crippen molar-refractivity contribution in [1.82, 2.24) is 19.9 Å². The molecule has 4 aromatic rings. The maximum absolute atomic E-state index is 14.2. The van der Waals surface area contributed by atoms with Gasteiger partial charge in [-0.2, -0.15) is 10.3 Å². The van der Waals surface area contributed by atoms with E-state index in [9.17, 15) is 15.3 Å². The number of rotatable bonds is 5. The first kappa shape index (κ1) is 24.9. The number of nitrogens with one attached hydrogen (secondary N) is 2. The molecule has 0 aliphatic carbocycles. The predicted octanol–water partition coefficient (Wildman–Crippen LogP) is 2.76. The topological polar surface area (TPSA) is 108 Å². The van der Waals surface area contributed by atoms with E-state index < -0.39 is 11.2 Å². The summed E-state index contributed by atoms with van der Waals surface area (Å²) in [4.78, 5) is 21.8. The molecule has 0 bridgehead atoms. The molecule has 2 aromatic heterocycles. The van der Waals surface area contributed by atoms with E-state index in [0.717, 1.165) is 42.4 Å². The molecule has 2 N–H and O–H groups in total. The van der Waals surface area contributed by atoms with Crippen molar-refractivity contribution >= 4 is 34.1 Å². The van der Waals surface area contributed by atoms with E-state index in [1.165, 1.54) is 9.91 Å². The molecule has 1 unspecified atom stereocenters. The Bertz CT molecular complexity index is 1550. The second-order valence-electron chi connectivity index (χ2n) is 9.88. The SMILES string of the molecule is CN1C(=O)N(Cc2nccc3ccccc23)[NH+]([O-])c2c1c(C#N)c(N1CCCNCC1)n2Cc1ccccc1. The number of hydrogen-bond donors (Lipinski definition) is 2. The molecule has 6 rings (SSSR count). The largest absolute Gasteiger partial charge is 0.601 e. The minimum atomic E-state index is -0.473. The van der Waals surface area contributed by atoms with Crippen LogP contribution in [-0.2, 0) is 13.1 Å². The predicted molar refractivity (Wildman–Crippen MR) is 149 cm³/mol. The standard InChI is InChI=1S/C29H30N8O2/c1-33-26-24(18-30)27(34-16-7-13-31-15-17-34)35(19-21-8-3-2-4-9-21)28(26)37(39)36(29(33)38)20-25-23-11-6-5-10-22(23)12-14-32-25/h2-6,8-12,14,31,37H,7,13,15-17,19-20H2,1H3. The van der Waals surface area contributed by atoms with Crippen LogP contribution in [0, 0.1) is 16.5 Å². The van der Waals surface area contributed by atoms with E-state index >= 15 is 0 Å². The van der Waals surface area contributed by atoms with Crippen LogP contribution in [0.4, 0.5) is 22.1 Å². The molecule has 0 spiro atoms. The van der Waals surface area contributed by atoms with Gasteiger partial charge in [0, 0.05) is 38.3 Å². The molecule has 2 amide bonds. The van der Waals surface area contributed by atoms with Crippen molar-refractivity contribution in [1.29, 1.82) is 5.26 Å². The Labute approximate surface area is 226 Å². The Kier molecular flexibility index (Phi) is 6.62. The number of anilines is 2. The number of amides is 2. The van der Waals surface area contributed by atoms with Crippen LogP contribution < -0.4 is 20.3 Å². The molecular formula is C29H30N8O2. The first-order valence-electron chi connectivity index (χ1n) is 13.2. The number of benzene rings is 2. The van der Waals surface area contributed by atoms with Crippen LogP contribution in [0.3, 0.4) is 0 Å². The van der Waals surface area contributed by atoms with Crippen molar-refractivity contribution in [2.24, 2.45) is 0 Å². The van der Waals surface area contributed by atoms with Crippen molar-refractivity contribution in [2.45, 2.75) is 19.5 Å². The van der Waals surface area contributed by atoms with Gasteiger partial charge in [-0.05, 0) is 30.0 Å². The fraction of sp³-hybridized carbons (Fsp3) is 0.276. The Morgan fingerprint density at radius 3 is 2.67 bits per heavy atom. The van der Waals surface area contributed by atoms with Crippen molar-refractivity contribution in [3.63, 3.8) is 0 Å². The quantitative estimate of drug-likeness (QED) is 0.391. The van der Waals surface area contributed by atoms with E-state index in [1.54, 1.807) is 13.2 Å². The number of urea groups is 1. The molecule has 2 aliphatic heterocycles. The maximum Gasteiger partial charge on any atom is 0.369 e. The summed E-state index contributed by atoms with van der Waals surface area (Å²) in [7, 11) is 1.64. The minimum Gasteiger partial charge on any atom is -0.601 e. The van der Waals surface area contributed by atoms with Crippen molar-refractivity contribution in [3.05, 3.63) is 88.9 Å². The molecule has 1 saturated heterocycles. The molecule has 1 fully saturated rings. The minimum absolute atomic E-state index is 0.0319. The fourth-order valence-corrected chi connectivity index (χ4v) is 5.63. The van der Waals surface area contributed by atoms with E-state index in [-0.39, 0.29) is 6.54 Å². The van der Waals surface area contributed by atoms with Gasteiger partial charge in [0.2, 0.25) is 0 Å². The number of nitrogens with zero attached hydrogens (tertiary/aromatic N) is 6. The van der Waals surface area contributed by atoms with Crippen LogP contribution >= 0.6 is 0 Å². The van der Waals surface area contributed by atoms with E-state index in [0.29, 0.717) is 41.7 Å². The highest BCUT2D eigenvalue weighted by Gasteiger charge is 2.43. The fourth-order valence-electron chi connectivity index (χ4n) is 5.63. The van der Waals surface area contributed by atoms with Gasteiger partial charge in [-0.3, -0.25) is 14.5 Å². The second-order valence-corrected chi connectivity index (χ2v) is 9.88. The van der Waals surface area contributed by atoms with Crippen LogP contribution in [0.2, 0.25) is 0 Å². The van der Waals surface area contributed by atoms with Crippen LogP contribution in [0.1, 0.15) is 23.2 Å². The van der Waals surface area contributed by atoms with Crippen LogP contribution in [0.15, 0.2) is 66.9 Å². The molecule has 198 valence electrons. The third-order valence-corrected chi connectivity index (χ3v) is 7.51. The van der Waals surface area contributed by atoms with Gasteiger partial charge in [0.15, 0.2) is 5.69 Å². The van der Waals surface area contributed by atoms with Crippen molar-refractivity contribution in [2.75, 3.05) is 43.0 Å². The normalized spacial score (nSPS) is 17.7. The lowest BCUT2D eigenvalue weighted by Crippen LogP contribution is -3.12. The van der Waals surface area contributed by atoms with E-state index in [1.807, 2.05) is 65.2 Å². The lowest BCUT2D eigenvalue weighted by molar-refractivity contribution is -0.902.